The van der Waals surface area contributed by atoms with E-state index in [2.05, 4.69) is 120 Å². The summed E-state index contributed by atoms with van der Waals surface area (Å²) in [5.74, 6) is -0.161. The van der Waals surface area contributed by atoms with Crippen molar-refractivity contribution < 1.29 is 22.8 Å². The Balaban J connectivity index is 1.96. The van der Waals surface area contributed by atoms with Gasteiger partial charge in [0.05, 0.1) is 31.5 Å². The molecule has 2 heterocycles. The molecule has 42 heavy (non-hydrogen) atoms. The topological polar surface area (TPSA) is 49.4 Å². The van der Waals surface area contributed by atoms with Gasteiger partial charge in [0, 0.05) is 12.0 Å². The summed E-state index contributed by atoms with van der Waals surface area (Å²) >= 11 is 0. The molecule has 0 N–H and O–H groups in total. The molecule has 0 amide bonds. The molecule has 0 radical (unpaired) electrons. The van der Waals surface area contributed by atoms with Crippen LogP contribution >= 0.6 is 0 Å². The summed E-state index contributed by atoms with van der Waals surface area (Å²) in [4.78, 5) is 2.77. The summed E-state index contributed by atoms with van der Waals surface area (Å²) in [6.45, 7) is 41.9. The summed E-state index contributed by atoms with van der Waals surface area (Å²) in [6.07, 6.45) is 3.39. The molecular formula is C33H69NO5Si3. The Morgan fingerprint density at radius 3 is 1.64 bits per heavy atom. The summed E-state index contributed by atoms with van der Waals surface area (Å²) < 4.78 is 34.5. The van der Waals surface area contributed by atoms with Crippen LogP contribution in [0.15, 0.2) is 0 Å². The second-order valence-corrected chi connectivity index (χ2v) is 33.0. The van der Waals surface area contributed by atoms with Crippen molar-refractivity contribution in [3.8, 4) is 0 Å². The van der Waals surface area contributed by atoms with Gasteiger partial charge in [-0.05, 0) is 94.1 Å². The smallest absolute Gasteiger partial charge is 0.192 e. The quantitative estimate of drug-likeness (QED) is 0.234. The number of hydrogen-bond donors (Lipinski definition) is 0. The highest BCUT2D eigenvalue weighted by Gasteiger charge is 2.58. The van der Waals surface area contributed by atoms with Crippen LogP contribution in [-0.4, -0.2) is 85.8 Å². The van der Waals surface area contributed by atoms with Gasteiger partial charge in [0.15, 0.2) is 30.7 Å². The van der Waals surface area contributed by atoms with Gasteiger partial charge >= 0.3 is 0 Å². The van der Waals surface area contributed by atoms with Gasteiger partial charge in [0.2, 0.25) is 0 Å². The Morgan fingerprint density at radius 1 is 0.738 bits per heavy atom. The van der Waals surface area contributed by atoms with Gasteiger partial charge < -0.3 is 22.8 Å². The van der Waals surface area contributed by atoms with Gasteiger partial charge in [-0.1, -0.05) is 62.3 Å². The standard InChI is InChI=1S/C33H69NO5Si3/c1-30(2,3)40(12,13)35-22-24(23-36-41(14,15)31(4,5)6)34-20-18-19-25-26(34)21-27(39-42(16,17)32(7,8)9)29-28(25)37-33(10,11)38-29/h24-29H,18-23H2,1-17H3/t25-,26-,27-,28+,29+/m0/s1. The highest BCUT2D eigenvalue weighted by Crippen LogP contribution is 2.49. The van der Waals surface area contributed by atoms with Crippen LogP contribution in [-0.2, 0) is 22.8 Å². The molecule has 3 aliphatic rings. The predicted molar refractivity (Wildman–Crippen MR) is 184 cm³/mol. The summed E-state index contributed by atoms with van der Waals surface area (Å²) in [6, 6.07) is 0.574. The fourth-order valence-corrected chi connectivity index (χ4v) is 9.45. The highest BCUT2D eigenvalue weighted by atomic mass is 28.4. The molecule has 1 saturated carbocycles. The van der Waals surface area contributed by atoms with E-state index < -0.39 is 30.7 Å². The Hall–Kier alpha value is 0.411. The summed E-state index contributed by atoms with van der Waals surface area (Å²) in [7, 11) is -5.87. The Bertz CT molecular complexity index is 888. The first kappa shape index (κ1) is 36.9. The minimum atomic E-state index is -2.02. The van der Waals surface area contributed by atoms with Gasteiger partial charge in [0.25, 0.3) is 0 Å². The van der Waals surface area contributed by atoms with Crippen LogP contribution in [0.4, 0.5) is 0 Å². The highest BCUT2D eigenvalue weighted by molar-refractivity contribution is 6.75. The molecule has 0 bridgehead atoms. The van der Waals surface area contributed by atoms with E-state index in [-0.39, 0.29) is 39.5 Å². The molecule has 3 rings (SSSR count). The van der Waals surface area contributed by atoms with Crippen molar-refractivity contribution in [2.24, 2.45) is 5.92 Å². The zero-order valence-electron chi connectivity index (χ0n) is 30.7. The van der Waals surface area contributed by atoms with Crippen molar-refractivity contribution in [1.29, 1.82) is 0 Å². The third-order valence-corrected chi connectivity index (χ3v) is 25.4. The van der Waals surface area contributed by atoms with Crippen LogP contribution in [0, 0.1) is 5.92 Å². The van der Waals surface area contributed by atoms with E-state index in [1.807, 2.05) is 0 Å². The Labute approximate surface area is 263 Å². The monoisotopic (exact) mass is 643 g/mol. The van der Waals surface area contributed by atoms with E-state index in [1.165, 1.54) is 12.8 Å². The first-order chi connectivity index (χ1) is 18.7. The average Bonchev–Trinajstić information content (AvgIpc) is 3.12. The lowest BCUT2D eigenvalue weighted by Gasteiger charge is -2.54. The molecule has 0 aromatic carbocycles. The minimum absolute atomic E-state index is 0.0132. The zero-order valence-corrected chi connectivity index (χ0v) is 33.7. The molecule has 2 aliphatic heterocycles. The first-order valence-corrected chi connectivity index (χ1v) is 25.5. The minimum Gasteiger partial charge on any atom is -0.415 e. The van der Waals surface area contributed by atoms with E-state index in [0.29, 0.717) is 12.0 Å². The molecule has 9 heteroatoms. The third kappa shape index (κ3) is 8.03. The molecule has 0 aromatic heterocycles. The normalized spacial score (nSPS) is 30.0. The number of piperidine rings is 1. The molecular weight excluding hydrogens is 575 g/mol. The molecule has 248 valence electrons. The second kappa shape index (κ2) is 12.2. The van der Waals surface area contributed by atoms with Gasteiger partial charge in [-0.3, -0.25) is 4.90 Å². The van der Waals surface area contributed by atoms with E-state index in [9.17, 15) is 0 Å². The maximum absolute atomic E-state index is 7.20. The van der Waals surface area contributed by atoms with Gasteiger partial charge in [-0.15, -0.1) is 0 Å². The average molecular weight is 644 g/mol. The molecule has 0 spiro atoms. The van der Waals surface area contributed by atoms with Crippen molar-refractivity contribution in [3.63, 3.8) is 0 Å². The number of rotatable bonds is 9. The van der Waals surface area contributed by atoms with Gasteiger partial charge in [-0.2, -0.15) is 0 Å². The molecule has 1 aliphatic carbocycles. The van der Waals surface area contributed by atoms with Crippen LogP contribution in [0.25, 0.3) is 0 Å². The van der Waals surface area contributed by atoms with Crippen LogP contribution in [0.5, 0.6) is 0 Å². The fourth-order valence-electron chi connectivity index (χ4n) is 6.02. The van der Waals surface area contributed by atoms with Crippen molar-refractivity contribution in [3.05, 3.63) is 0 Å². The lowest BCUT2D eigenvalue weighted by molar-refractivity contribution is -0.154. The van der Waals surface area contributed by atoms with Crippen molar-refractivity contribution >= 4 is 25.0 Å². The van der Waals surface area contributed by atoms with Gasteiger partial charge in [-0.25, -0.2) is 0 Å². The van der Waals surface area contributed by atoms with Crippen LogP contribution in [0.3, 0.4) is 0 Å². The molecule has 0 aromatic rings. The first-order valence-electron chi connectivity index (χ1n) is 16.8. The van der Waals surface area contributed by atoms with E-state index in [4.69, 9.17) is 22.8 Å². The molecule has 3 fully saturated rings. The summed E-state index contributed by atoms with van der Waals surface area (Å²) in [5.41, 5.74) is 0. The number of likely N-dealkylation sites (tertiary alicyclic amines) is 1. The van der Waals surface area contributed by atoms with Crippen molar-refractivity contribution in [2.75, 3.05) is 19.8 Å². The second-order valence-electron chi connectivity index (χ2n) is 18.6. The SMILES string of the molecule is CC1(C)O[C@@H]2[C@H]3CCCN(C(CO[Si](C)(C)C(C)(C)C)CO[Si](C)(C)C(C)(C)C)[C@H]3C[C@H](O[Si](C)(C)C(C)(C)C)[C@H]2O1. The van der Waals surface area contributed by atoms with Crippen LogP contribution in [0.1, 0.15) is 95.4 Å². The third-order valence-electron chi connectivity index (χ3n) is 11.9. The Kier molecular flexibility index (Phi) is 10.7. The Morgan fingerprint density at radius 2 is 1.19 bits per heavy atom. The fraction of sp³-hybridized carbons (Fsp3) is 1.00. The predicted octanol–water partition coefficient (Wildman–Crippen LogP) is 8.79. The number of hydrogen-bond acceptors (Lipinski definition) is 6. The van der Waals surface area contributed by atoms with Gasteiger partial charge in [0.1, 0.15) is 6.10 Å². The number of nitrogens with zero attached hydrogens (tertiary/aromatic N) is 1. The lowest BCUT2D eigenvalue weighted by atomic mass is 9.73. The molecule has 0 unspecified atom stereocenters. The molecule has 6 nitrogen and oxygen atoms in total. The van der Waals surface area contributed by atoms with Crippen LogP contribution in [0.2, 0.25) is 54.4 Å². The molecule has 2 saturated heterocycles. The van der Waals surface area contributed by atoms with Crippen molar-refractivity contribution in [2.45, 2.75) is 186 Å². The molecule has 5 atom stereocenters. The maximum atomic E-state index is 7.20. The zero-order chi connectivity index (χ0) is 32.3. The number of fused-ring (bicyclic) bond motifs is 3. The maximum Gasteiger partial charge on any atom is 0.192 e. The van der Waals surface area contributed by atoms with Crippen LogP contribution < -0.4 is 0 Å². The van der Waals surface area contributed by atoms with E-state index in [0.717, 1.165) is 26.2 Å². The largest absolute Gasteiger partial charge is 0.415 e. The van der Waals surface area contributed by atoms with E-state index >= 15 is 0 Å². The van der Waals surface area contributed by atoms with Crippen molar-refractivity contribution in [1.82, 2.24) is 4.90 Å². The van der Waals surface area contributed by atoms with E-state index in [1.54, 1.807) is 0 Å². The summed E-state index contributed by atoms with van der Waals surface area (Å²) in [5, 5.41) is 0.475. The number of ether oxygens (including phenoxy) is 2. The lowest BCUT2D eigenvalue weighted by Crippen LogP contribution is -2.64.